The van der Waals surface area contributed by atoms with Crippen LogP contribution in [0.4, 0.5) is 0 Å². The van der Waals surface area contributed by atoms with Crippen LogP contribution >= 0.6 is 0 Å². The van der Waals surface area contributed by atoms with Crippen molar-refractivity contribution in [1.29, 1.82) is 0 Å². The lowest BCUT2D eigenvalue weighted by atomic mass is 10.2. The number of rotatable bonds is 6. The standard InChI is InChI=1S/C16H27N3O/c1-6-17-16(19-12(2)3)18-11-14-7-9-15(10-8-14)20-13(4)5/h7-10,12-13H,6,11H2,1-5H3,(H2,17,18,19). The van der Waals surface area contributed by atoms with E-state index < -0.39 is 0 Å². The molecule has 0 bridgehead atoms. The third kappa shape index (κ3) is 6.45. The van der Waals surface area contributed by atoms with Gasteiger partial charge in [-0.1, -0.05) is 12.1 Å². The number of nitrogens with one attached hydrogen (secondary N) is 2. The van der Waals surface area contributed by atoms with Crippen LogP contribution in [-0.4, -0.2) is 24.7 Å². The van der Waals surface area contributed by atoms with Gasteiger partial charge in [0.2, 0.25) is 0 Å². The van der Waals surface area contributed by atoms with E-state index in [-0.39, 0.29) is 6.10 Å². The van der Waals surface area contributed by atoms with E-state index in [1.807, 2.05) is 26.0 Å². The summed E-state index contributed by atoms with van der Waals surface area (Å²) in [6.45, 7) is 11.8. The van der Waals surface area contributed by atoms with Crippen molar-refractivity contribution in [2.45, 2.75) is 53.3 Å². The maximum Gasteiger partial charge on any atom is 0.191 e. The Labute approximate surface area is 122 Å². The molecule has 0 amide bonds. The Kier molecular flexibility index (Phi) is 6.91. The van der Waals surface area contributed by atoms with E-state index in [1.54, 1.807) is 0 Å². The van der Waals surface area contributed by atoms with Crippen molar-refractivity contribution in [2.75, 3.05) is 6.54 Å². The zero-order chi connectivity index (χ0) is 15.0. The predicted octanol–water partition coefficient (Wildman–Crippen LogP) is 2.94. The number of aliphatic imine (C=N–C) groups is 1. The highest BCUT2D eigenvalue weighted by Gasteiger charge is 2.01. The van der Waals surface area contributed by atoms with Gasteiger partial charge in [-0.3, -0.25) is 0 Å². The molecule has 0 saturated heterocycles. The van der Waals surface area contributed by atoms with E-state index in [0.29, 0.717) is 12.6 Å². The fourth-order valence-corrected chi connectivity index (χ4v) is 1.71. The van der Waals surface area contributed by atoms with Crippen LogP contribution in [0.25, 0.3) is 0 Å². The molecule has 20 heavy (non-hydrogen) atoms. The van der Waals surface area contributed by atoms with E-state index in [4.69, 9.17) is 4.74 Å². The summed E-state index contributed by atoms with van der Waals surface area (Å²) in [5, 5.41) is 6.54. The summed E-state index contributed by atoms with van der Waals surface area (Å²) in [6.07, 6.45) is 0.203. The van der Waals surface area contributed by atoms with Gasteiger partial charge < -0.3 is 15.4 Å². The van der Waals surface area contributed by atoms with Gasteiger partial charge in [-0.05, 0) is 52.3 Å². The summed E-state index contributed by atoms with van der Waals surface area (Å²) in [5.74, 6) is 1.75. The first kappa shape index (κ1) is 16.3. The van der Waals surface area contributed by atoms with Crippen molar-refractivity contribution in [3.8, 4) is 5.75 Å². The smallest absolute Gasteiger partial charge is 0.191 e. The fourth-order valence-electron chi connectivity index (χ4n) is 1.71. The molecule has 0 aliphatic carbocycles. The molecule has 0 fully saturated rings. The molecule has 2 N–H and O–H groups in total. The molecule has 1 rings (SSSR count). The van der Waals surface area contributed by atoms with E-state index in [9.17, 15) is 0 Å². The summed E-state index contributed by atoms with van der Waals surface area (Å²) in [5.41, 5.74) is 1.17. The predicted molar refractivity (Wildman–Crippen MR) is 85.3 cm³/mol. The Hall–Kier alpha value is -1.71. The molecular weight excluding hydrogens is 250 g/mol. The second-order valence-electron chi connectivity index (χ2n) is 5.30. The van der Waals surface area contributed by atoms with Crippen LogP contribution in [0.3, 0.4) is 0 Å². The molecule has 0 radical (unpaired) electrons. The van der Waals surface area contributed by atoms with E-state index in [1.165, 1.54) is 5.56 Å². The molecule has 0 saturated carbocycles. The van der Waals surface area contributed by atoms with Crippen LogP contribution in [0.5, 0.6) is 5.75 Å². The summed E-state index contributed by atoms with van der Waals surface area (Å²) in [7, 11) is 0. The average Bonchev–Trinajstić information content (AvgIpc) is 2.36. The number of hydrogen-bond donors (Lipinski definition) is 2. The molecular formula is C16H27N3O. The van der Waals surface area contributed by atoms with Crippen LogP contribution in [0, 0.1) is 0 Å². The van der Waals surface area contributed by atoms with Gasteiger partial charge in [0.15, 0.2) is 5.96 Å². The van der Waals surface area contributed by atoms with E-state index in [2.05, 4.69) is 48.5 Å². The number of hydrogen-bond acceptors (Lipinski definition) is 2. The maximum absolute atomic E-state index is 5.63. The van der Waals surface area contributed by atoms with Gasteiger partial charge in [0, 0.05) is 12.6 Å². The highest BCUT2D eigenvalue weighted by atomic mass is 16.5. The first-order valence-electron chi connectivity index (χ1n) is 7.31. The zero-order valence-corrected chi connectivity index (χ0v) is 13.2. The molecule has 4 heteroatoms. The molecule has 0 spiro atoms. The van der Waals surface area contributed by atoms with Gasteiger partial charge in [0.25, 0.3) is 0 Å². The topological polar surface area (TPSA) is 45.7 Å². The summed E-state index contributed by atoms with van der Waals surface area (Å²) >= 11 is 0. The van der Waals surface area contributed by atoms with Crippen molar-refractivity contribution in [3.63, 3.8) is 0 Å². The van der Waals surface area contributed by atoms with Crippen molar-refractivity contribution in [1.82, 2.24) is 10.6 Å². The molecule has 4 nitrogen and oxygen atoms in total. The van der Waals surface area contributed by atoms with Crippen molar-refractivity contribution >= 4 is 5.96 Å². The quantitative estimate of drug-likeness (QED) is 0.621. The summed E-state index contributed by atoms with van der Waals surface area (Å²) < 4.78 is 5.63. The molecule has 0 aliphatic rings. The lowest BCUT2D eigenvalue weighted by Gasteiger charge is -2.14. The number of benzene rings is 1. The highest BCUT2D eigenvalue weighted by Crippen LogP contribution is 2.14. The Bertz CT molecular complexity index is 410. The lowest BCUT2D eigenvalue weighted by Crippen LogP contribution is -2.40. The van der Waals surface area contributed by atoms with Crippen molar-refractivity contribution in [2.24, 2.45) is 4.99 Å². The SMILES string of the molecule is CCNC(=NCc1ccc(OC(C)C)cc1)NC(C)C. The Balaban J connectivity index is 2.61. The zero-order valence-electron chi connectivity index (χ0n) is 13.2. The molecule has 0 aromatic heterocycles. The van der Waals surface area contributed by atoms with E-state index >= 15 is 0 Å². The first-order valence-corrected chi connectivity index (χ1v) is 7.31. The maximum atomic E-state index is 5.63. The minimum absolute atomic E-state index is 0.203. The number of guanidine groups is 1. The van der Waals surface area contributed by atoms with E-state index in [0.717, 1.165) is 18.3 Å². The monoisotopic (exact) mass is 277 g/mol. The number of ether oxygens (including phenoxy) is 1. The minimum atomic E-state index is 0.203. The van der Waals surface area contributed by atoms with Gasteiger partial charge in [-0.25, -0.2) is 4.99 Å². The van der Waals surface area contributed by atoms with Crippen molar-refractivity contribution in [3.05, 3.63) is 29.8 Å². The normalized spacial score (nSPS) is 11.8. The largest absolute Gasteiger partial charge is 0.491 e. The van der Waals surface area contributed by atoms with Crippen LogP contribution in [0.1, 0.15) is 40.2 Å². The molecule has 112 valence electrons. The Morgan fingerprint density at radius 1 is 1.15 bits per heavy atom. The summed E-state index contributed by atoms with van der Waals surface area (Å²) in [6, 6.07) is 8.47. The minimum Gasteiger partial charge on any atom is -0.491 e. The van der Waals surface area contributed by atoms with Gasteiger partial charge in [0.05, 0.1) is 12.6 Å². The second kappa shape index (κ2) is 8.46. The van der Waals surface area contributed by atoms with Gasteiger partial charge in [-0.15, -0.1) is 0 Å². The Morgan fingerprint density at radius 3 is 2.30 bits per heavy atom. The number of nitrogens with zero attached hydrogens (tertiary/aromatic N) is 1. The highest BCUT2D eigenvalue weighted by molar-refractivity contribution is 5.79. The molecule has 0 aliphatic heterocycles. The molecule has 0 heterocycles. The third-order valence-corrected chi connectivity index (χ3v) is 2.48. The fraction of sp³-hybridized carbons (Fsp3) is 0.562. The summed E-state index contributed by atoms with van der Waals surface area (Å²) in [4.78, 5) is 4.57. The second-order valence-corrected chi connectivity index (χ2v) is 5.30. The first-order chi connectivity index (χ1) is 9.51. The molecule has 0 unspecified atom stereocenters. The van der Waals surface area contributed by atoms with Crippen LogP contribution in [0.2, 0.25) is 0 Å². The van der Waals surface area contributed by atoms with Crippen LogP contribution in [-0.2, 0) is 6.54 Å². The third-order valence-electron chi connectivity index (χ3n) is 2.48. The van der Waals surface area contributed by atoms with Gasteiger partial charge >= 0.3 is 0 Å². The van der Waals surface area contributed by atoms with Gasteiger partial charge in [-0.2, -0.15) is 0 Å². The molecule has 1 aromatic rings. The lowest BCUT2D eigenvalue weighted by molar-refractivity contribution is 0.242. The van der Waals surface area contributed by atoms with Crippen LogP contribution in [0.15, 0.2) is 29.3 Å². The molecule has 1 aromatic carbocycles. The molecule has 0 atom stereocenters. The van der Waals surface area contributed by atoms with Crippen LogP contribution < -0.4 is 15.4 Å². The average molecular weight is 277 g/mol. The van der Waals surface area contributed by atoms with Crippen molar-refractivity contribution < 1.29 is 4.74 Å². The van der Waals surface area contributed by atoms with Gasteiger partial charge in [0.1, 0.15) is 5.75 Å². The Morgan fingerprint density at radius 2 is 1.80 bits per heavy atom.